The summed E-state index contributed by atoms with van der Waals surface area (Å²) in [5, 5.41) is 1.25. The topological polar surface area (TPSA) is 32.7 Å². The minimum Gasteiger partial charge on any atom is -0.266 e. The van der Waals surface area contributed by atoms with Crippen LogP contribution in [0.4, 0.5) is 5.69 Å². The number of nitrogens with zero attached hydrogens (tertiary/aromatic N) is 2. The molecule has 0 bridgehead atoms. The van der Waals surface area contributed by atoms with Crippen LogP contribution in [-0.4, -0.2) is 11.7 Å². The van der Waals surface area contributed by atoms with Gasteiger partial charge in [0.1, 0.15) is 11.5 Å². The first-order valence-electron chi connectivity index (χ1n) is 8.44. The van der Waals surface area contributed by atoms with Gasteiger partial charge in [-0.15, -0.1) is 0 Å². The average molecular weight is 428 g/mol. The highest BCUT2D eigenvalue weighted by atomic mass is 35.5. The first-order valence-corrected chi connectivity index (χ1v) is 9.58. The summed E-state index contributed by atoms with van der Waals surface area (Å²) in [7, 11) is 0. The van der Waals surface area contributed by atoms with Crippen LogP contribution in [0.25, 0.3) is 6.08 Å². The standard InChI is InChI=1S/C22H13Cl3N2O/c23-16-9-4-6-14(12-16)13-18-22(28)27(19-11-5-10-17(24)20(19)25)21(26-18)15-7-2-1-3-8-15/h1-13H/b18-13+. The molecule has 0 radical (unpaired) electrons. The first-order chi connectivity index (χ1) is 13.5. The maximum atomic E-state index is 13.3. The molecule has 3 aromatic rings. The molecule has 4 rings (SSSR count). The fourth-order valence-electron chi connectivity index (χ4n) is 2.94. The van der Waals surface area contributed by atoms with E-state index in [4.69, 9.17) is 34.8 Å². The Morgan fingerprint density at radius 1 is 0.857 bits per heavy atom. The Morgan fingerprint density at radius 3 is 2.36 bits per heavy atom. The Balaban J connectivity index is 1.87. The molecule has 0 N–H and O–H groups in total. The lowest BCUT2D eigenvalue weighted by molar-refractivity contribution is -0.113. The van der Waals surface area contributed by atoms with Crippen molar-refractivity contribution in [3.8, 4) is 0 Å². The summed E-state index contributed by atoms with van der Waals surface area (Å²) in [5.41, 5.74) is 2.35. The number of rotatable bonds is 3. The summed E-state index contributed by atoms with van der Waals surface area (Å²) in [6, 6.07) is 21.9. The number of hydrogen-bond donors (Lipinski definition) is 0. The highest BCUT2D eigenvalue weighted by Gasteiger charge is 2.34. The Hall–Kier alpha value is -2.59. The molecule has 0 fully saturated rings. The molecule has 0 spiro atoms. The highest BCUT2D eigenvalue weighted by Crippen LogP contribution is 2.36. The minimum absolute atomic E-state index is 0.289. The van der Waals surface area contributed by atoms with Gasteiger partial charge >= 0.3 is 0 Å². The second-order valence-corrected chi connectivity index (χ2v) is 7.32. The molecule has 1 aliphatic heterocycles. The zero-order valence-electron chi connectivity index (χ0n) is 14.4. The molecular weight excluding hydrogens is 415 g/mol. The quantitative estimate of drug-likeness (QED) is 0.440. The molecular formula is C22H13Cl3N2O. The number of amides is 1. The van der Waals surface area contributed by atoms with Gasteiger partial charge in [-0.05, 0) is 35.9 Å². The molecule has 138 valence electrons. The van der Waals surface area contributed by atoms with Crippen LogP contribution < -0.4 is 4.90 Å². The second-order valence-electron chi connectivity index (χ2n) is 6.10. The SMILES string of the molecule is O=C1/C(=C\c2cccc(Cl)c2)N=C(c2ccccc2)N1c1cccc(Cl)c1Cl. The third-order valence-corrected chi connectivity index (χ3v) is 5.26. The maximum absolute atomic E-state index is 13.3. The second kappa shape index (κ2) is 7.80. The van der Waals surface area contributed by atoms with E-state index < -0.39 is 0 Å². The maximum Gasteiger partial charge on any atom is 0.282 e. The number of carbonyl (C=O) groups is 1. The van der Waals surface area contributed by atoms with Crippen LogP contribution in [0.3, 0.4) is 0 Å². The van der Waals surface area contributed by atoms with Gasteiger partial charge in [0, 0.05) is 10.6 Å². The van der Waals surface area contributed by atoms with Crippen molar-refractivity contribution >= 4 is 58.3 Å². The normalized spacial score (nSPS) is 15.2. The van der Waals surface area contributed by atoms with E-state index >= 15 is 0 Å². The van der Waals surface area contributed by atoms with Crippen molar-refractivity contribution in [1.29, 1.82) is 0 Å². The van der Waals surface area contributed by atoms with Gasteiger partial charge in [0.25, 0.3) is 5.91 Å². The van der Waals surface area contributed by atoms with E-state index in [1.165, 1.54) is 4.90 Å². The predicted molar refractivity (Wildman–Crippen MR) is 116 cm³/mol. The number of hydrogen-bond acceptors (Lipinski definition) is 2. The fraction of sp³-hybridized carbons (Fsp3) is 0. The van der Waals surface area contributed by atoms with Gasteiger partial charge in [-0.2, -0.15) is 0 Å². The summed E-state index contributed by atoms with van der Waals surface area (Å²) in [6.45, 7) is 0. The lowest BCUT2D eigenvalue weighted by Crippen LogP contribution is -2.32. The molecule has 3 aromatic carbocycles. The van der Waals surface area contributed by atoms with Gasteiger partial charge < -0.3 is 0 Å². The van der Waals surface area contributed by atoms with Crippen molar-refractivity contribution in [3.63, 3.8) is 0 Å². The van der Waals surface area contributed by atoms with Crippen molar-refractivity contribution in [1.82, 2.24) is 0 Å². The predicted octanol–water partition coefficient (Wildman–Crippen LogP) is 6.48. The molecule has 3 nitrogen and oxygen atoms in total. The van der Waals surface area contributed by atoms with Gasteiger partial charge in [-0.25, -0.2) is 4.99 Å². The lowest BCUT2D eigenvalue weighted by Gasteiger charge is -2.20. The summed E-state index contributed by atoms with van der Waals surface area (Å²) in [4.78, 5) is 19.3. The minimum atomic E-state index is -0.289. The number of amidine groups is 1. The van der Waals surface area contributed by atoms with Crippen LogP contribution in [0.2, 0.25) is 15.1 Å². The first kappa shape index (κ1) is 18.8. The molecule has 1 aliphatic rings. The third-order valence-electron chi connectivity index (χ3n) is 4.22. The van der Waals surface area contributed by atoms with Crippen LogP contribution in [0.1, 0.15) is 11.1 Å². The van der Waals surface area contributed by atoms with Gasteiger partial charge in [-0.3, -0.25) is 9.69 Å². The molecule has 0 aliphatic carbocycles. The van der Waals surface area contributed by atoms with E-state index in [0.717, 1.165) is 11.1 Å². The third kappa shape index (κ3) is 3.57. The van der Waals surface area contributed by atoms with Crippen molar-refractivity contribution < 1.29 is 4.79 Å². The van der Waals surface area contributed by atoms with Crippen LogP contribution in [0.15, 0.2) is 83.5 Å². The molecule has 0 saturated heterocycles. The van der Waals surface area contributed by atoms with Crippen LogP contribution >= 0.6 is 34.8 Å². The van der Waals surface area contributed by atoms with E-state index in [2.05, 4.69) is 4.99 Å². The largest absolute Gasteiger partial charge is 0.282 e. The van der Waals surface area contributed by atoms with Gasteiger partial charge in [-0.1, -0.05) is 83.3 Å². The smallest absolute Gasteiger partial charge is 0.266 e. The van der Waals surface area contributed by atoms with E-state index in [1.807, 2.05) is 42.5 Å². The number of aliphatic imine (C=N–C) groups is 1. The molecule has 28 heavy (non-hydrogen) atoms. The van der Waals surface area contributed by atoms with Crippen molar-refractivity contribution in [2.24, 2.45) is 4.99 Å². The van der Waals surface area contributed by atoms with Crippen LogP contribution in [0.5, 0.6) is 0 Å². The summed E-state index contributed by atoms with van der Waals surface area (Å²) >= 11 is 18.6. The van der Waals surface area contributed by atoms with Gasteiger partial charge in [0.05, 0.1) is 15.7 Å². The Kier molecular flexibility index (Phi) is 5.23. The monoisotopic (exact) mass is 426 g/mol. The molecule has 1 heterocycles. The number of benzene rings is 3. The summed E-state index contributed by atoms with van der Waals surface area (Å²) in [5.74, 6) is 0.200. The van der Waals surface area contributed by atoms with E-state index in [0.29, 0.717) is 26.6 Å². The molecule has 0 aromatic heterocycles. The van der Waals surface area contributed by atoms with Gasteiger partial charge in [0.15, 0.2) is 0 Å². The Bertz CT molecular complexity index is 1120. The molecule has 0 unspecified atom stereocenters. The molecule has 0 atom stereocenters. The van der Waals surface area contributed by atoms with Crippen LogP contribution in [-0.2, 0) is 4.79 Å². The van der Waals surface area contributed by atoms with E-state index in [-0.39, 0.29) is 11.6 Å². The summed E-state index contributed by atoms with van der Waals surface area (Å²) < 4.78 is 0. The zero-order valence-corrected chi connectivity index (χ0v) is 16.7. The molecule has 0 saturated carbocycles. The van der Waals surface area contributed by atoms with Crippen molar-refractivity contribution in [2.45, 2.75) is 0 Å². The molecule has 1 amide bonds. The number of carbonyl (C=O) groups excluding carboxylic acids is 1. The van der Waals surface area contributed by atoms with E-state index in [1.54, 1.807) is 36.4 Å². The average Bonchev–Trinajstić information content (AvgIpc) is 3.01. The Morgan fingerprint density at radius 2 is 1.61 bits per heavy atom. The highest BCUT2D eigenvalue weighted by molar-refractivity contribution is 6.45. The Labute approximate surface area is 177 Å². The number of halogens is 3. The molecule has 6 heteroatoms. The van der Waals surface area contributed by atoms with Gasteiger partial charge in [0.2, 0.25) is 0 Å². The number of anilines is 1. The fourth-order valence-corrected chi connectivity index (χ4v) is 3.52. The zero-order chi connectivity index (χ0) is 19.7. The van der Waals surface area contributed by atoms with Crippen molar-refractivity contribution in [3.05, 3.63) is 105 Å². The van der Waals surface area contributed by atoms with Crippen molar-refractivity contribution in [2.75, 3.05) is 4.90 Å². The lowest BCUT2D eigenvalue weighted by atomic mass is 10.1. The van der Waals surface area contributed by atoms with Crippen LogP contribution in [0, 0.1) is 0 Å². The summed E-state index contributed by atoms with van der Waals surface area (Å²) in [6.07, 6.45) is 1.70. The van der Waals surface area contributed by atoms with E-state index in [9.17, 15) is 4.79 Å².